The zero-order valence-corrected chi connectivity index (χ0v) is 13.6. The summed E-state index contributed by atoms with van der Waals surface area (Å²) in [6, 6.07) is 10.1. The number of methoxy groups -OCH3 is 1. The number of carbonyl (C=O) groups excluding carboxylic acids is 2. The number of amides is 1. The molecule has 0 N–H and O–H groups in total. The monoisotopic (exact) mass is 336 g/mol. The fourth-order valence-corrected chi connectivity index (χ4v) is 2.87. The van der Waals surface area contributed by atoms with Crippen LogP contribution in [0.1, 0.15) is 22.5 Å². The number of nitrogens with zero attached hydrogens (tertiary/aromatic N) is 2. The maximum Gasteiger partial charge on any atom is 0.328 e. The van der Waals surface area contributed by atoms with Crippen LogP contribution in [0.15, 0.2) is 47.1 Å². The highest BCUT2D eigenvalue weighted by molar-refractivity contribution is 5.94. The second-order valence-corrected chi connectivity index (χ2v) is 5.65. The molecule has 6 nitrogen and oxygen atoms in total. The third-order valence-corrected chi connectivity index (χ3v) is 4.16. The average Bonchev–Trinajstić information content (AvgIpc) is 3.17. The van der Waals surface area contributed by atoms with Gasteiger partial charge in [-0.25, -0.2) is 4.79 Å². The van der Waals surface area contributed by atoms with Crippen molar-refractivity contribution in [1.29, 1.82) is 5.26 Å². The lowest BCUT2D eigenvalue weighted by atomic mass is 9.92. The van der Waals surface area contributed by atoms with Gasteiger partial charge in [-0.1, -0.05) is 6.07 Å². The Hall–Kier alpha value is -3.33. The van der Waals surface area contributed by atoms with Crippen LogP contribution in [0.5, 0.6) is 0 Å². The number of benzene rings is 1. The van der Waals surface area contributed by atoms with E-state index in [2.05, 4.69) is 6.07 Å². The van der Waals surface area contributed by atoms with Crippen molar-refractivity contribution in [1.82, 2.24) is 4.90 Å². The average molecular weight is 336 g/mol. The lowest BCUT2D eigenvalue weighted by molar-refractivity contribution is -0.152. The maximum atomic E-state index is 12.6. The standard InChI is InChI=1S/C19H16N2O4/c1-24-19(23)17-10-14-5-4-13(11-20)9-15(14)12-21(17)18(22)7-6-16-3-2-8-25-16/h2-9,17H,10,12H2,1H3/b7-6+/t17-/m0/s1. The quantitative estimate of drug-likeness (QED) is 0.634. The Labute approximate surface area is 144 Å². The molecule has 0 radical (unpaired) electrons. The molecule has 1 aliphatic heterocycles. The maximum absolute atomic E-state index is 12.6. The predicted octanol–water partition coefficient (Wildman–Crippen LogP) is 2.29. The topological polar surface area (TPSA) is 83.5 Å². The minimum atomic E-state index is -0.695. The number of furan rings is 1. The van der Waals surface area contributed by atoms with E-state index >= 15 is 0 Å². The molecule has 3 rings (SSSR count). The van der Waals surface area contributed by atoms with E-state index in [4.69, 9.17) is 14.4 Å². The Bertz CT molecular complexity index is 862. The van der Waals surface area contributed by atoms with Crippen LogP contribution in [0.2, 0.25) is 0 Å². The van der Waals surface area contributed by atoms with Gasteiger partial charge < -0.3 is 14.1 Å². The lowest BCUT2D eigenvalue weighted by Gasteiger charge is -2.34. The summed E-state index contributed by atoms with van der Waals surface area (Å²) in [5.74, 6) is -0.235. The summed E-state index contributed by atoms with van der Waals surface area (Å²) in [5.41, 5.74) is 2.32. The van der Waals surface area contributed by atoms with Crippen LogP contribution in [0.4, 0.5) is 0 Å². The van der Waals surface area contributed by atoms with Gasteiger partial charge in [0.15, 0.2) is 0 Å². The molecule has 1 aromatic carbocycles. The second-order valence-electron chi connectivity index (χ2n) is 5.65. The minimum Gasteiger partial charge on any atom is -0.467 e. The van der Waals surface area contributed by atoms with Crippen molar-refractivity contribution in [2.45, 2.75) is 19.0 Å². The molecule has 2 aromatic rings. The van der Waals surface area contributed by atoms with Gasteiger partial charge in [0.25, 0.3) is 0 Å². The molecule has 2 heterocycles. The highest BCUT2D eigenvalue weighted by atomic mass is 16.5. The van der Waals surface area contributed by atoms with Crippen LogP contribution in [0.25, 0.3) is 6.08 Å². The molecule has 0 spiro atoms. The third-order valence-electron chi connectivity index (χ3n) is 4.16. The summed E-state index contributed by atoms with van der Waals surface area (Å²) in [4.78, 5) is 26.2. The van der Waals surface area contributed by atoms with Crippen molar-refractivity contribution in [3.8, 4) is 6.07 Å². The number of hydrogen-bond donors (Lipinski definition) is 0. The first-order valence-corrected chi connectivity index (χ1v) is 7.74. The van der Waals surface area contributed by atoms with Gasteiger partial charge in [-0.2, -0.15) is 5.26 Å². The van der Waals surface area contributed by atoms with E-state index < -0.39 is 12.0 Å². The molecule has 0 saturated carbocycles. The normalized spacial score (nSPS) is 16.3. The molecule has 0 aliphatic carbocycles. The Morgan fingerprint density at radius 3 is 2.88 bits per heavy atom. The number of rotatable bonds is 3. The molecule has 0 saturated heterocycles. The minimum absolute atomic E-state index is 0.242. The summed E-state index contributed by atoms with van der Waals surface area (Å²) >= 11 is 0. The van der Waals surface area contributed by atoms with Gasteiger partial charge >= 0.3 is 5.97 Å². The SMILES string of the molecule is COC(=O)[C@@H]1Cc2ccc(C#N)cc2CN1C(=O)/C=C/c1ccco1. The van der Waals surface area contributed by atoms with Gasteiger partial charge in [0.05, 0.1) is 25.0 Å². The third kappa shape index (κ3) is 3.45. The molecular weight excluding hydrogens is 320 g/mol. The molecule has 1 aliphatic rings. The molecule has 1 atom stereocenters. The van der Waals surface area contributed by atoms with Gasteiger partial charge in [-0.15, -0.1) is 0 Å². The van der Waals surface area contributed by atoms with Crippen LogP contribution < -0.4 is 0 Å². The van der Waals surface area contributed by atoms with Crippen LogP contribution in [0.3, 0.4) is 0 Å². The number of ether oxygens (including phenoxy) is 1. The predicted molar refractivity (Wildman–Crippen MR) is 89.0 cm³/mol. The van der Waals surface area contributed by atoms with Crippen molar-refractivity contribution < 1.29 is 18.7 Å². The van der Waals surface area contributed by atoms with Gasteiger partial charge in [0, 0.05) is 19.0 Å². The van der Waals surface area contributed by atoms with E-state index in [0.29, 0.717) is 17.7 Å². The van der Waals surface area contributed by atoms with Crippen molar-refractivity contribution in [2.24, 2.45) is 0 Å². The summed E-state index contributed by atoms with van der Waals surface area (Å²) in [7, 11) is 1.30. The van der Waals surface area contributed by atoms with Crippen LogP contribution >= 0.6 is 0 Å². The van der Waals surface area contributed by atoms with Crippen molar-refractivity contribution >= 4 is 18.0 Å². The fraction of sp³-hybridized carbons (Fsp3) is 0.211. The highest BCUT2D eigenvalue weighted by Gasteiger charge is 2.34. The molecular formula is C19H16N2O4. The fourth-order valence-electron chi connectivity index (χ4n) is 2.87. The van der Waals surface area contributed by atoms with E-state index in [1.807, 2.05) is 6.07 Å². The molecule has 6 heteroatoms. The van der Waals surface area contributed by atoms with E-state index in [0.717, 1.165) is 11.1 Å². The lowest BCUT2D eigenvalue weighted by Crippen LogP contribution is -2.48. The molecule has 1 aromatic heterocycles. The first-order chi connectivity index (χ1) is 12.1. The Balaban J connectivity index is 1.89. The molecule has 0 unspecified atom stereocenters. The Kier molecular flexibility index (Phi) is 4.66. The summed E-state index contributed by atoms with van der Waals surface area (Å²) < 4.78 is 10.0. The number of esters is 1. The zero-order valence-electron chi connectivity index (χ0n) is 13.6. The first-order valence-electron chi connectivity index (χ1n) is 7.74. The Morgan fingerprint density at radius 2 is 2.20 bits per heavy atom. The number of carbonyl (C=O) groups is 2. The highest BCUT2D eigenvalue weighted by Crippen LogP contribution is 2.25. The van der Waals surface area contributed by atoms with Crippen LogP contribution in [-0.4, -0.2) is 29.9 Å². The van der Waals surface area contributed by atoms with E-state index in [9.17, 15) is 9.59 Å². The molecule has 126 valence electrons. The van der Waals surface area contributed by atoms with Crippen LogP contribution in [0, 0.1) is 11.3 Å². The van der Waals surface area contributed by atoms with E-state index in [1.165, 1.54) is 24.3 Å². The molecule has 0 bridgehead atoms. The van der Waals surface area contributed by atoms with Crippen molar-refractivity contribution in [3.05, 3.63) is 65.1 Å². The number of fused-ring (bicyclic) bond motifs is 1. The smallest absolute Gasteiger partial charge is 0.328 e. The van der Waals surface area contributed by atoms with E-state index in [-0.39, 0.29) is 12.5 Å². The molecule has 25 heavy (non-hydrogen) atoms. The Morgan fingerprint density at radius 1 is 1.36 bits per heavy atom. The van der Waals surface area contributed by atoms with Crippen LogP contribution in [-0.2, 0) is 27.3 Å². The first kappa shape index (κ1) is 16.5. The van der Waals surface area contributed by atoms with Gasteiger partial charge in [-0.3, -0.25) is 4.79 Å². The number of nitriles is 1. The summed E-state index contributed by atoms with van der Waals surface area (Å²) in [5, 5.41) is 9.06. The van der Waals surface area contributed by atoms with Crippen molar-refractivity contribution in [3.63, 3.8) is 0 Å². The number of hydrogen-bond acceptors (Lipinski definition) is 5. The largest absolute Gasteiger partial charge is 0.467 e. The second kappa shape index (κ2) is 7.05. The molecule has 0 fully saturated rings. The van der Waals surface area contributed by atoms with E-state index in [1.54, 1.807) is 30.3 Å². The molecule has 1 amide bonds. The van der Waals surface area contributed by atoms with Gasteiger partial charge in [-0.05, 0) is 41.5 Å². The van der Waals surface area contributed by atoms with Gasteiger partial charge in [0.2, 0.25) is 5.91 Å². The zero-order chi connectivity index (χ0) is 17.8. The van der Waals surface area contributed by atoms with Crippen molar-refractivity contribution in [2.75, 3.05) is 7.11 Å². The van der Waals surface area contributed by atoms with Gasteiger partial charge in [0.1, 0.15) is 11.8 Å². The summed E-state index contributed by atoms with van der Waals surface area (Å²) in [6.07, 6.45) is 4.79. The summed E-state index contributed by atoms with van der Waals surface area (Å²) in [6.45, 7) is 0.242.